The van der Waals surface area contributed by atoms with E-state index >= 15 is 0 Å². The molecule has 7 nitrogen and oxygen atoms in total. The Morgan fingerprint density at radius 3 is 2.66 bits per heavy atom. The molecule has 0 spiro atoms. The smallest absolute Gasteiger partial charge is 0.186 e. The van der Waals surface area contributed by atoms with Crippen LogP contribution in [-0.4, -0.2) is 49.8 Å². The van der Waals surface area contributed by atoms with Crippen molar-refractivity contribution < 1.29 is 17.9 Å². The highest BCUT2D eigenvalue weighted by Gasteiger charge is 2.38. The van der Waals surface area contributed by atoms with E-state index in [1.165, 1.54) is 0 Å². The maximum atomic E-state index is 13.8. The molecule has 2 atom stereocenters. The standard InChI is InChI=1S/C30H37N3O4S/c1-4-6-9-22(5-2)29(34)27-26-19-38(35,36)30-20(3)8-7-10-25(30)28(26)33(32-27)23-13-11-21(12-14-23)17-24-18-31-15-16-37-24/h7-8,10-14,22,24,31H,4-6,9,15-19H2,1-3H3. The van der Waals surface area contributed by atoms with Crippen molar-refractivity contribution in [3.8, 4) is 16.9 Å². The number of hydrogen-bond donors (Lipinski definition) is 1. The molecule has 1 fully saturated rings. The predicted octanol–water partition coefficient (Wildman–Crippen LogP) is 5.07. The second-order valence-corrected chi connectivity index (χ2v) is 12.4. The number of aryl methyl sites for hydroxylation is 1. The number of rotatable bonds is 9. The second-order valence-electron chi connectivity index (χ2n) is 10.5. The molecule has 1 N–H and O–H groups in total. The lowest BCUT2D eigenvalue weighted by Gasteiger charge is -2.23. The maximum Gasteiger partial charge on any atom is 0.186 e. The molecule has 1 aromatic heterocycles. The number of morpholine rings is 1. The van der Waals surface area contributed by atoms with E-state index in [9.17, 15) is 13.2 Å². The maximum absolute atomic E-state index is 13.8. The molecule has 202 valence electrons. The minimum Gasteiger partial charge on any atom is -0.375 e. The zero-order valence-corrected chi connectivity index (χ0v) is 23.3. The summed E-state index contributed by atoms with van der Waals surface area (Å²) in [7, 11) is -3.61. The number of unbranched alkanes of at least 4 members (excludes halogenated alkanes) is 1. The Balaban J connectivity index is 1.61. The Hall–Kier alpha value is -2.81. The average Bonchev–Trinajstić information content (AvgIpc) is 3.28. The first-order valence-corrected chi connectivity index (χ1v) is 15.4. The predicted molar refractivity (Wildman–Crippen MR) is 149 cm³/mol. The molecule has 0 bridgehead atoms. The number of nitrogens with one attached hydrogen (secondary N) is 1. The van der Waals surface area contributed by atoms with Gasteiger partial charge in [-0.3, -0.25) is 4.79 Å². The first-order valence-electron chi connectivity index (χ1n) is 13.7. The van der Waals surface area contributed by atoms with E-state index in [4.69, 9.17) is 9.84 Å². The van der Waals surface area contributed by atoms with Crippen LogP contribution < -0.4 is 5.32 Å². The van der Waals surface area contributed by atoms with Crippen molar-refractivity contribution >= 4 is 15.6 Å². The molecule has 38 heavy (non-hydrogen) atoms. The van der Waals surface area contributed by atoms with Crippen molar-refractivity contribution in [1.82, 2.24) is 15.1 Å². The number of benzene rings is 2. The number of fused-ring (bicyclic) bond motifs is 3. The zero-order chi connectivity index (χ0) is 26.9. The lowest BCUT2D eigenvalue weighted by Crippen LogP contribution is -2.39. The van der Waals surface area contributed by atoms with Gasteiger partial charge in [0.25, 0.3) is 0 Å². The van der Waals surface area contributed by atoms with Crippen molar-refractivity contribution in [2.75, 3.05) is 19.7 Å². The summed E-state index contributed by atoms with van der Waals surface area (Å²) < 4.78 is 34.6. The molecule has 8 heteroatoms. The summed E-state index contributed by atoms with van der Waals surface area (Å²) in [4.78, 5) is 14.1. The van der Waals surface area contributed by atoms with Gasteiger partial charge in [0.15, 0.2) is 15.6 Å². The Kier molecular flexibility index (Phi) is 7.84. The summed E-state index contributed by atoms with van der Waals surface area (Å²) >= 11 is 0. The highest BCUT2D eigenvalue weighted by Crippen LogP contribution is 2.42. The molecule has 3 heterocycles. The summed E-state index contributed by atoms with van der Waals surface area (Å²) in [5.74, 6) is -0.438. The minimum atomic E-state index is -3.61. The van der Waals surface area contributed by atoms with E-state index in [-0.39, 0.29) is 23.6 Å². The van der Waals surface area contributed by atoms with Crippen molar-refractivity contribution in [3.05, 3.63) is 64.8 Å². The summed E-state index contributed by atoms with van der Waals surface area (Å²) in [6.07, 6.45) is 4.40. The van der Waals surface area contributed by atoms with E-state index in [1.54, 1.807) is 4.68 Å². The largest absolute Gasteiger partial charge is 0.375 e. The van der Waals surface area contributed by atoms with Crippen molar-refractivity contribution in [2.24, 2.45) is 5.92 Å². The quantitative estimate of drug-likeness (QED) is 0.385. The van der Waals surface area contributed by atoms with Crippen LogP contribution in [0.15, 0.2) is 47.4 Å². The average molecular weight is 536 g/mol. The first-order chi connectivity index (χ1) is 18.3. The number of carbonyl (C=O) groups is 1. The Labute approximate surface area is 225 Å². The third-order valence-corrected chi connectivity index (χ3v) is 9.58. The van der Waals surface area contributed by atoms with E-state index in [1.807, 2.05) is 44.2 Å². The number of carbonyl (C=O) groups excluding carboxylic acids is 1. The molecule has 0 amide bonds. The zero-order valence-electron chi connectivity index (χ0n) is 22.5. The number of ether oxygens (including phenoxy) is 1. The number of ketones is 1. The van der Waals surface area contributed by atoms with Crippen LogP contribution in [0.1, 0.15) is 66.7 Å². The van der Waals surface area contributed by atoms with E-state index in [0.717, 1.165) is 56.6 Å². The van der Waals surface area contributed by atoms with Crippen LogP contribution in [0, 0.1) is 12.8 Å². The molecular weight excluding hydrogens is 498 g/mol. The molecule has 3 aromatic rings. The molecular formula is C30H37N3O4S. The van der Waals surface area contributed by atoms with E-state index in [0.29, 0.717) is 39.4 Å². The highest BCUT2D eigenvalue weighted by atomic mass is 32.2. The van der Waals surface area contributed by atoms with Crippen LogP contribution in [-0.2, 0) is 26.7 Å². The Bertz CT molecular complexity index is 1420. The number of Topliss-reactive ketones (excluding diaryl/α,β-unsaturated/α-hetero) is 1. The van der Waals surface area contributed by atoms with Gasteiger partial charge in [-0.1, -0.05) is 57.0 Å². The van der Waals surface area contributed by atoms with Gasteiger partial charge in [0.2, 0.25) is 0 Å². The van der Waals surface area contributed by atoms with E-state index < -0.39 is 9.84 Å². The van der Waals surface area contributed by atoms with Crippen LogP contribution in [0.4, 0.5) is 0 Å². The van der Waals surface area contributed by atoms with Crippen LogP contribution in [0.3, 0.4) is 0 Å². The fourth-order valence-electron chi connectivity index (χ4n) is 5.71. The monoisotopic (exact) mass is 535 g/mol. The number of aromatic nitrogens is 2. The normalized spacial score (nSPS) is 19.0. The SMILES string of the molecule is CCCCC(CC)C(=O)c1nn(-c2ccc(CC3CNCCO3)cc2)c2c1CS(=O)(=O)c1c(C)cccc1-2. The van der Waals surface area contributed by atoms with Gasteiger partial charge in [-0.25, -0.2) is 13.1 Å². The molecule has 0 aliphatic carbocycles. The van der Waals surface area contributed by atoms with Gasteiger partial charge in [0, 0.05) is 30.1 Å². The van der Waals surface area contributed by atoms with Gasteiger partial charge < -0.3 is 10.1 Å². The second kappa shape index (κ2) is 11.1. The number of nitrogens with zero attached hydrogens (tertiary/aromatic N) is 2. The summed E-state index contributed by atoms with van der Waals surface area (Å²) in [5.41, 5.74) is 4.81. The molecule has 2 aromatic carbocycles. The highest BCUT2D eigenvalue weighted by molar-refractivity contribution is 7.91. The van der Waals surface area contributed by atoms with Crippen molar-refractivity contribution in [3.63, 3.8) is 0 Å². The minimum absolute atomic E-state index is 0.0548. The molecule has 5 rings (SSSR count). The fraction of sp³-hybridized carbons (Fsp3) is 0.467. The molecule has 0 radical (unpaired) electrons. The molecule has 2 unspecified atom stereocenters. The van der Waals surface area contributed by atoms with Crippen molar-refractivity contribution in [1.29, 1.82) is 0 Å². The van der Waals surface area contributed by atoms with Crippen LogP contribution >= 0.6 is 0 Å². The first kappa shape index (κ1) is 26.8. The number of sulfone groups is 1. The summed E-state index contributed by atoms with van der Waals surface area (Å²) in [6, 6.07) is 13.7. The number of hydrogen-bond acceptors (Lipinski definition) is 6. The van der Waals surface area contributed by atoms with Gasteiger partial charge >= 0.3 is 0 Å². The third-order valence-electron chi connectivity index (χ3n) is 7.75. The van der Waals surface area contributed by atoms with Crippen molar-refractivity contribution in [2.45, 2.75) is 69.6 Å². The third kappa shape index (κ3) is 5.09. The summed E-state index contributed by atoms with van der Waals surface area (Å²) in [6.45, 7) is 8.39. The lowest BCUT2D eigenvalue weighted by atomic mass is 9.91. The van der Waals surface area contributed by atoms with Crippen LogP contribution in [0.25, 0.3) is 16.9 Å². The van der Waals surface area contributed by atoms with Gasteiger partial charge in [-0.05, 0) is 49.4 Å². The van der Waals surface area contributed by atoms with Crippen LogP contribution in [0.2, 0.25) is 0 Å². The topological polar surface area (TPSA) is 90.3 Å². The fourth-order valence-corrected chi connectivity index (χ4v) is 7.57. The Morgan fingerprint density at radius 2 is 1.97 bits per heavy atom. The van der Waals surface area contributed by atoms with Gasteiger partial charge in [-0.2, -0.15) is 5.10 Å². The van der Waals surface area contributed by atoms with Gasteiger partial charge in [0.1, 0.15) is 5.69 Å². The Morgan fingerprint density at radius 1 is 1.18 bits per heavy atom. The lowest BCUT2D eigenvalue weighted by molar-refractivity contribution is 0.0292. The molecule has 2 aliphatic heterocycles. The summed E-state index contributed by atoms with van der Waals surface area (Å²) in [5, 5.41) is 8.21. The van der Waals surface area contributed by atoms with Crippen LogP contribution in [0.5, 0.6) is 0 Å². The van der Waals surface area contributed by atoms with Gasteiger partial charge in [-0.15, -0.1) is 0 Å². The molecule has 1 saturated heterocycles. The van der Waals surface area contributed by atoms with E-state index in [2.05, 4.69) is 24.4 Å². The molecule has 2 aliphatic rings. The van der Waals surface area contributed by atoms with Gasteiger partial charge in [0.05, 0.1) is 34.7 Å². The molecule has 0 saturated carbocycles.